The minimum atomic E-state index is 0.800. The first-order chi connectivity index (χ1) is 3.91. The Hall–Kier alpha value is 0.640. The van der Waals surface area contributed by atoms with Crippen LogP contribution in [0, 0.1) is 0 Å². The molecular formula is C6H13ClS. The summed E-state index contributed by atoms with van der Waals surface area (Å²) in [6.45, 7) is 2.21. The molecular weight excluding hydrogens is 144 g/mol. The van der Waals surface area contributed by atoms with Crippen LogP contribution in [0.15, 0.2) is 0 Å². The lowest BCUT2D eigenvalue weighted by molar-refractivity contribution is 0.896. The van der Waals surface area contributed by atoms with E-state index >= 15 is 0 Å². The topological polar surface area (TPSA) is 0 Å². The molecule has 0 saturated heterocycles. The molecule has 0 spiro atoms. The van der Waals surface area contributed by atoms with Crippen molar-refractivity contribution in [1.82, 2.24) is 0 Å². The summed E-state index contributed by atoms with van der Waals surface area (Å²) >= 11 is 7.41. The summed E-state index contributed by atoms with van der Waals surface area (Å²) in [5, 5.41) is 0. The summed E-state index contributed by atoms with van der Waals surface area (Å²) < 4.78 is 0. The molecule has 0 aromatic rings. The van der Waals surface area contributed by atoms with Gasteiger partial charge in [-0.3, -0.25) is 0 Å². The predicted octanol–water partition coefficient (Wildman–Crippen LogP) is 2.76. The van der Waals surface area contributed by atoms with Gasteiger partial charge in [-0.1, -0.05) is 13.3 Å². The second-order valence-electron chi connectivity index (χ2n) is 1.65. The molecule has 0 saturated carbocycles. The van der Waals surface area contributed by atoms with E-state index in [2.05, 4.69) is 6.92 Å². The molecule has 0 atom stereocenters. The van der Waals surface area contributed by atoms with E-state index in [9.17, 15) is 0 Å². The molecule has 2 heteroatoms. The average molecular weight is 157 g/mol. The Morgan fingerprint density at radius 2 is 2.38 bits per heavy atom. The van der Waals surface area contributed by atoms with E-state index in [1.165, 1.54) is 18.6 Å². The highest BCUT2D eigenvalue weighted by molar-refractivity contribution is 7.99. The fraction of sp³-hybridized carbons (Fsp3) is 1.00. The maximum atomic E-state index is 5.46. The van der Waals surface area contributed by atoms with Gasteiger partial charge in [-0.25, -0.2) is 0 Å². The molecule has 0 nitrogen and oxygen atoms in total. The fourth-order valence-corrected chi connectivity index (χ4v) is 1.54. The molecule has 0 radical (unpaired) electrons. The van der Waals surface area contributed by atoms with Crippen molar-refractivity contribution in [3.63, 3.8) is 0 Å². The first-order valence-electron chi connectivity index (χ1n) is 3.05. The Morgan fingerprint density at radius 1 is 1.62 bits per heavy atom. The van der Waals surface area contributed by atoms with E-state index in [0.29, 0.717) is 0 Å². The van der Waals surface area contributed by atoms with Crippen LogP contribution in [0.2, 0.25) is 0 Å². The first-order valence-corrected chi connectivity index (χ1v) is 4.74. The summed E-state index contributed by atoms with van der Waals surface area (Å²) in [6.07, 6.45) is 2.64. The van der Waals surface area contributed by atoms with Crippen molar-refractivity contribution in [1.29, 1.82) is 0 Å². The van der Waals surface area contributed by atoms with Crippen molar-refractivity contribution in [3.05, 3.63) is 0 Å². The maximum Gasteiger partial charge on any atom is 0.0314 e. The van der Waals surface area contributed by atoms with Gasteiger partial charge in [-0.2, -0.15) is 11.8 Å². The Labute approximate surface area is 61.0 Å². The van der Waals surface area contributed by atoms with Crippen LogP contribution in [0.4, 0.5) is 0 Å². The van der Waals surface area contributed by atoms with Crippen molar-refractivity contribution in [2.75, 3.05) is 17.4 Å². The third kappa shape index (κ3) is 6.64. The van der Waals surface area contributed by atoms with Crippen molar-refractivity contribution in [3.8, 4) is 0 Å². The summed E-state index contributed by atoms with van der Waals surface area (Å²) in [5.41, 5.74) is 0. The van der Waals surface area contributed by atoms with Crippen LogP contribution in [0.1, 0.15) is 19.8 Å². The SMILES string of the molecule is CC[14CH2][14CH2]SCCCl. The third-order valence-electron chi connectivity index (χ3n) is 0.864. The molecule has 0 amide bonds. The number of hydrogen-bond acceptors (Lipinski definition) is 1. The quantitative estimate of drug-likeness (QED) is 0.436. The molecule has 0 aliphatic rings. The molecule has 0 unspecified atom stereocenters. The molecule has 0 aliphatic carbocycles. The minimum Gasteiger partial charge on any atom is -0.161 e. The van der Waals surface area contributed by atoms with Crippen molar-refractivity contribution in [2.45, 2.75) is 19.8 Å². The standard InChI is InChI=1S/C6H13ClS/c1-2-3-5-8-6-4-7/h2-6H2,1H3/i3+2,5+2. The second-order valence-corrected chi connectivity index (χ2v) is 3.26. The van der Waals surface area contributed by atoms with Crippen LogP contribution < -0.4 is 0 Å². The zero-order chi connectivity index (χ0) is 6.24. The summed E-state index contributed by atoms with van der Waals surface area (Å²) in [7, 11) is 0. The zero-order valence-electron chi connectivity index (χ0n) is 5.32. The van der Waals surface area contributed by atoms with Gasteiger partial charge >= 0.3 is 0 Å². The van der Waals surface area contributed by atoms with Crippen LogP contribution in [0.5, 0.6) is 0 Å². The van der Waals surface area contributed by atoms with Gasteiger partial charge in [-0.15, -0.1) is 11.6 Å². The van der Waals surface area contributed by atoms with Gasteiger partial charge in [0.15, 0.2) is 0 Å². The lowest BCUT2D eigenvalue weighted by Crippen LogP contribution is -1.82. The molecule has 50 valence electrons. The number of thioether (sulfide) groups is 1. The summed E-state index contributed by atoms with van der Waals surface area (Å²) in [4.78, 5) is 0. The molecule has 0 N–H and O–H groups in total. The Balaban J connectivity index is 2.53. The maximum absolute atomic E-state index is 5.46. The lowest BCUT2D eigenvalue weighted by Gasteiger charge is -1.93. The molecule has 0 aliphatic heterocycles. The average Bonchev–Trinajstić information content (AvgIpc) is 1.81. The van der Waals surface area contributed by atoms with Crippen molar-refractivity contribution < 1.29 is 0 Å². The summed E-state index contributed by atoms with van der Waals surface area (Å²) in [6, 6.07) is 0. The molecule has 8 heavy (non-hydrogen) atoms. The summed E-state index contributed by atoms with van der Waals surface area (Å²) in [5.74, 6) is 3.19. The van der Waals surface area contributed by atoms with E-state index in [1.54, 1.807) is 0 Å². The highest BCUT2D eigenvalue weighted by Gasteiger charge is 1.84. The minimum absolute atomic E-state index is 0.800. The number of alkyl halides is 1. The molecule has 0 bridgehead atoms. The Bertz CT molecular complexity index is 33.5. The number of halogens is 1. The zero-order valence-corrected chi connectivity index (χ0v) is 6.89. The van der Waals surface area contributed by atoms with E-state index < -0.39 is 0 Å². The number of unbranched alkanes of at least 4 members (excludes halogenated alkanes) is 1. The van der Waals surface area contributed by atoms with Gasteiger partial charge in [0.1, 0.15) is 0 Å². The van der Waals surface area contributed by atoms with Crippen LogP contribution >= 0.6 is 23.4 Å². The van der Waals surface area contributed by atoms with Crippen LogP contribution in [-0.4, -0.2) is 17.4 Å². The van der Waals surface area contributed by atoms with Gasteiger partial charge in [0.2, 0.25) is 0 Å². The normalized spacial score (nSPS) is 9.75. The van der Waals surface area contributed by atoms with Crippen LogP contribution in [0.3, 0.4) is 0 Å². The Morgan fingerprint density at radius 3 is 2.88 bits per heavy atom. The van der Waals surface area contributed by atoms with Gasteiger partial charge in [-0.05, 0) is 12.2 Å². The smallest absolute Gasteiger partial charge is 0.0314 e. The fourth-order valence-electron chi connectivity index (χ4n) is 0.403. The molecule has 0 fully saturated rings. The van der Waals surface area contributed by atoms with Gasteiger partial charge in [0, 0.05) is 11.6 Å². The number of hydrogen-bond donors (Lipinski definition) is 0. The van der Waals surface area contributed by atoms with Crippen molar-refractivity contribution >= 4 is 23.4 Å². The third-order valence-corrected chi connectivity index (χ3v) is 2.35. The van der Waals surface area contributed by atoms with Gasteiger partial charge in [0.25, 0.3) is 0 Å². The second kappa shape index (κ2) is 7.64. The molecule has 0 heterocycles. The van der Waals surface area contributed by atoms with Crippen molar-refractivity contribution in [2.24, 2.45) is 0 Å². The Kier molecular flexibility index (Phi) is 8.25. The highest BCUT2D eigenvalue weighted by atomic mass is 35.5. The number of rotatable bonds is 5. The van der Waals surface area contributed by atoms with E-state index in [-0.39, 0.29) is 0 Å². The first kappa shape index (κ1) is 8.64. The monoisotopic (exact) mass is 156 g/mol. The predicted molar refractivity (Wildman–Crippen MR) is 43.0 cm³/mol. The van der Waals surface area contributed by atoms with E-state index in [1.807, 2.05) is 11.8 Å². The molecule has 0 rings (SSSR count). The van der Waals surface area contributed by atoms with Crippen LogP contribution in [0.25, 0.3) is 0 Å². The molecule has 0 aromatic heterocycles. The molecule has 0 aromatic carbocycles. The van der Waals surface area contributed by atoms with Gasteiger partial charge in [0.05, 0.1) is 0 Å². The lowest BCUT2D eigenvalue weighted by atomic mass is 10.8. The van der Waals surface area contributed by atoms with E-state index in [0.717, 1.165) is 11.6 Å². The largest absolute Gasteiger partial charge is 0.161 e. The van der Waals surface area contributed by atoms with Gasteiger partial charge < -0.3 is 0 Å². The van der Waals surface area contributed by atoms with E-state index in [4.69, 9.17) is 11.6 Å². The van der Waals surface area contributed by atoms with Crippen LogP contribution in [-0.2, 0) is 0 Å². The highest BCUT2D eigenvalue weighted by Crippen LogP contribution is 2.03.